The largest absolute Gasteiger partial charge is 0.493 e. The summed E-state index contributed by atoms with van der Waals surface area (Å²) >= 11 is 0. The second kappa shape index (κ2) is 9.52. The Bertz CT molecular complexity index is 1540. The van der Waals surface area contributed by atoms with Gasteiger partial charge < -0.3 is 23.7 Å². The number of fused-ring (bicyclic) bond motifs is 4. The molecule has 2 aromatic carbocycles. The van der Waals surface area contributed by atoms with Crippen molar-refractivity contribution < 1.29 is 23.9 Å². The Balaban J connectivity index is 1.71. The van der Waals surface area contributed by atoms with Crippen LogP contribution in [-0.2, 0) is 11.2 Å². The van der Waals surface area contributed by atoms with Crippen LogP contribution in [0.1, 0.15) is 49.2 Å². The smallest absolute Gasteiger partial charge is 0.341 e. The molecule has 1 atom stereocenters. The highest BCUT2D eigenvalue weighted by Gasteiger charge is 2.34. The van der Waals surface area contributed by atoms with Crippen molar-refractivity contribution in [2.45, 2.75) is 39.7 Å². The van der Waals surface area contributed by atoms with Gasteiger partial charge in [0.2, 0.25) is 0 Å². The fraction of sp³-hybridized carbons (Fsp3) is 0.345. The van der Waals surface area contributed by atoms with E-state index < -0.39 is 11.4 Å². The van der Waals surface area contributed by atoms with Gasteiger partial charge in [0.05, 0.1) is 18.5 Å². The van der Waals surface area contributed by atoms with Crippen molar-refractivity contribution in [3.05, 3.63) is 70.1 Å². The average molecular weight is 503 g/mol. The molecule has 0 bridgehead atoms. The van der Waals surface area contributed by atoms with Crippen LogP contribution in [0, 0.1) is 5.41 Å². The molecule has 1 N–H and O–H groups in total. The molecule has 0 unspecified atom stereocenters. The summed E-state index contributed by atoms with van der Waals surface area (Å²) in [7, 11) is 1.67. The monoisotopic (exact) mass is 502 g/mol. The predicted octanol–water partition coefficient (Wildman–Crippen LogP) is 5.58. The Labute approximate surface area is 214 Å². The van der Waals surface area contributed by atoms with Gasteiger partial charge in [-0.05, 0) is 47.2 Å². The number of aromatic nitrogens is 2. The lowest BCUT2D eigenvalue weighted by Gasteiger charge is -2.39. The Hall–Kier alpha value is -3.91. The van der Waals surface area contributed by atoms with Gasteiger partial charge in [0.25, 0.3) is 0 Å². The van der Waals surface area contributed by atoms with E-state index in [1.807, 2.05) is 28.8 Å². The number of nitrogens with zero attached hydrogens (tertiary/aromatic N) is 2. The van der Waals surface area contributed by atoms with E-state index in [0.717, 1.165) is 39.8 Å². The molecule has 8 nitrogen and oxygen atoms in total. The zero-order valence-corrected chi connectivity index (χ0v) is 21.4. The Kier molecular flexibility index (Phi) is 6.37. The molecule has 0 fully saturated rings. The number of ether oxygens (including phenoxy) is 2. The highest BCUT2D eigenvalue weighted by Crippen LogP contribution is 2.46. The maximum Gasteiger partial charge on any atom is 0.341 e. The van der Waals surface area contributed by atoms with E-state index >= 15 is 0 Å². The fourth-order valence-corrected chi connectivity index (χ4v) is 5.01. The van der Waals surface area contributed by atoms with Crippen molar-refractivity contribution in [1.82, 2.24) is 9.72 Å². The third-order valence-electron chi connectivity index (χ3n) is 6.95. The molecule has 192 valence electrons. The van der Waals surface area contributed by atoms with Crippen molar-refractivity contribution in [3.63, 3.8) is 0 Å². The van der Waals surface area contributed by atoms with E-state index in [2.05, 4.69) is 32.0 Å². The molecular weight excluding hydrogens is 472 g/mol. The van der Waals surface area contributed by atoms with Crippen molar-refractivity contribution in [2.24, 2.45) is 5.41 Å². The molecule has 5 rings (SSSR count). The normalized spacial score (nSPS) is 14.9. The molecule has 3 heterocycles. The van der Waals surface area contributed by atoms with Crippen LogP contribution < -0.4 is 10.2 Å². The Morgan fingerprint density at radius 2 is 1.97 bits per heavy atom. The summed E-state index contributed by atoms with van der Waals surface area (Å²) in [5.41, 5.74) is 4.21. The number of pyridine rings is 1. The van der Waals surface area contributed by atoms with Gasteiger partial charge in [0.1, 0.15) is 11.3 Å². The van der Waals surface area contributed by atoms with Crippen molar-refractivity contribution >= 4 is 16.9 Å². The standard InChI is InChI=1S/C29H30N2O6/c1-29(2,3)27-12-18-11-26(36-9-5-8-35-4)21(17-6-7-25-19(10-17)15-30-37-25)13-20(18)23-14-24(32)22(28(33)34)16-31(23)27/h6-7,10-11,13-16,27H,5,8-9,12H2,1-4H3,(H,33,34)/t27-/m0/s1. The molecule has 37 heavy (non-hydrogen) atoms. The molecule has 4 aromatic rings. The van der Waals surface area contributed by atoms with Crippen LogP contribution in [0.25, 0.3) is 33.4 Å². The van der Waals surface area contributed by atoms with Crippen LogP contribution >= 0.6 is 0 Å². The first-order valence-electron chi connectivity index (χ1n) is 12.3. The molecule has 0 saturated heterocycles. The first-order valence-corrected chi connectivity index (χ1v) is 12.3. The van der Waals surface area contributed by atoms with Gasteiger partial charge >= 0.3 is 5.97 Å². The van der Waals surface area contributed by atoms with Gasteiger partial charge in [0.15, 0.2) is 11.0 Å². The van der Waals surface area contributed by atoms with Crippen LogP contribution in [0.4, 0.5) is 0 Å². The summed E-state index contributed by atoms with van der Waals surface area (Å²) in [5.74, 6) is -0.474. The van der Waals surface area contributed by atoms with Crippen molar-refractivity contribution in [1.29, 1.82) is 0 Å². The van der Waals surface area contributed by atoms with Gasteiger partial charge in [-0.1, -0.05) is 32.0 Å². The van der Waals surface area contributed by atoms with E-state index in [9.17, 15) is 14.7 Å². The predicted molar refractivity (Wildman–Crippen MR) is 140 cm³/mol. The molecule has 8 heteroatoms. The zero-order chi connectivity index (χ0) is 26.3. The molecule has 0 spiro atoms. The molecule has 2 aromatic heterocycles. The SMILES string of the molecule is COCCCOc1cc2c(cc1-c1ccc3oncc3c1)-c1cc(=O)c(C(=O)O)cn1[C@H](C(C)(C)C)C2. The third-order valence-corrected chi connectivity index (χ3v) is 6.95. The van der Waals surface area contributed by atoms with E-state index in [1.165, 1.54) is 12.3 Å². The summed E-state index contributed by atoms with van der Waals surface area (Å²) in [6.07, 6.45) is 4.59. The fourth-order valence-electron chi connectivity index (χ4n) is 5.01. The lowest BCUT2D eigenvalue weighted by atomic mass is 9.78. The number of aromatic carboxylic acids is 1. The van der Waals surface area contributed by atoms with Gasteiger partial charge in [-0.15, -0.1) is 0 Å². The summed E-state index contributed by atoms with van der Waals surface area (Å²) < 4.78 is 18.7. The number of carboxylic acid groups (broad SMARTS) is 1. The van der Waals surface area contributed by atoms with Crippen LogP contribution in [0.5, 0.6) is 5.75 Å². The molecular formula is C29H30N2O6. The maximum atomic E-state index is 12.8. The summed E-state index contributed by atoms with van der Waals surface area (Å²) in [4.78, 5) is 24.6. The average Bonchev–Trinajstić information content (AvgIpc) is 3.32. The number of rotatable bonds is 7. The lowest BCUT2D eigenvalue weighted by Crippen LogP contribution is -2.32. The Morgan fingerprint density at radius 3 is 2.70 bits per heavy atom. The molecule has 1 aliphatic rings. The van der Waals surface area contributed by atoms with Crippen molar-refractivity contribution in [2.75, 3.05) is 20.3 Å². The summed E-state index contributed by atoms with van der Waals surface area (Å²) in [6.45, 7) is 7.46. The number of hydrogen-bond acceptors (Lipinski definition) is 6. The third kappa shape index (κ3) is 4.64. The molecule has 0 radical (unpaired) electrons. The van der Waals surface area contributed by atoms with Crippen LogP contribution in [0.15, 0.2) is 58.1 Å². The van der Waals surface area contributed by atoms with Gasteiger partial charge in [-0.3, -0.25) is 4.79 Å². The minimum Gasteiger partial charge on any atom is -0.493 e. The highest BCUT2D eigenvalue weighted by molar-refractivity contribution is 5.89. The van der Waals surface area contributed by atoms with E-state index in [0.29, 0.717) is 30.9 Å². The van der Waals surface area contributed by atoms with Crippen LogP contribution in [-0.4, -0.2) is 41.1 Å². The first kappa shape index (κ1) is 24.8. The summed E-state index contributed by atoms with van der Waals surface area (Å²) in [6, 6.07) is 11.3. The minimum atomic E-state index is -1.22. The number of methoxy groups -OCH3 is 1. The van der Waals surface area contributed by atoms with Crippen LogP contribution in [0.2, 0.25) is 0 Å². The Morgan fingerprint density at radius 1 is 1.16 bits per heavy atom. The molecule has 0 amide bonds. The number of carbonyl (C=O) groups is 1. The summed E-state index contributed by atoms with van der Waals surface area (Å²) in [5, 5.41) is 14.4. The highest BCUT2D eigenvalue weighted by atomic mass is 16.5. The lowest BCUT2D eigenvalue weighted by molar-refractivity contribution is 0.0693. The number of carboxylic acids is 1. The second-order valence-electron chi connectivity index (χ2n) is 10.5. The first-order chi connectivity index (χ1) is 17.7. The van der Waals surface area contributed by atoms with E-state index in [1.54, 1.807) is 13.3 Å². The zero-order valence-electron chi connectivity index (χ0n) is 21.4. The molecule has 0 aliphatic carbocycles. The molecule has 1 aliphatic heterocycles. The van der Waals surface area contributed by atoms with Gasteiger partial charge in [-0.25, -0.2) is 4.79 Å². The van der Waals surface area contributed by atoms with Gasteiger partial charge in [0, 0.05) is 55.0 Å². The quantitative estimate of drug-likeness (QED) is 0.329. The maximum absolute atomic E-state index is 12.8. The number of benzene rings is 2. The minimum absolute atomic E-state index is 0.0470. The van der Waals surface area contributed by atoms with E-state index in [4.69, 9.17) is 14.0 Å². The van der Waals surface area contributed by atoms with Crippen molar-refractivity contribution in [3.8, 4) is 28.1 Å². The van der Waals surface area contributed by atoms with Gasteiger partial charge in [-0.2, -0.15) is 0 Å². The number of hydrogen-bond donors (Lipinski definition) is 1. The van der Waals surface area contributed by atoms with Crippen LogP contribution in [0.3, 0.4) is 0 Å². The molecule has 0 saturated carbocycles. The second-order valence-corrected chi connectivity index (χ2v) is 10.5. The topological polar surface area (TPSA) is 104 Å². The van der Waals surface area contributed by atoms with E-state index in [-0.39, 0.29) is 17.0 Å².